The van der Waals surface area contributed by atoms with Crippen LogP contribution in [-0.2, 0) is 13.0 Å². The molecular weight excluding hydrogens is 222 g/mol. The van der Waals surface area contributed by atoms with Crippen molar-refractivity contribution in [2.75, 3.05) is 5.73 Å². The van der Waals surface area contributed by atoms with Gasteiger partial charge in [0.2, 0.25) is 0 Å². The first-order valence-corrected chi connectivity index (χ1v) is 6.52. The minimum Gasteiger partial charge on any atom is -0.384 e. The summed E-state index contributed by atoms with van der Waals surface area (Å²) in [5.41, 5.74) is 8.47. The lowest BCUT2D eigenvalue weighted by molar-refractivity contribution is 0.675. The third kappa shape index (κ3) is 2.40. The molecule has 0 amide bonds. The predicted octanol–water partition coefficient (Wildman–Crippen LogP) is 3.20. The van der Waals surface area contributed by atoms with E-state index in [2.05, 4.69) is 54.6 Å². The SMILES string of the molecule is CCc1nc(C(C)C)n(Cc2ccccc2)c1N. The Morgan fingerprint density at radius 3 is 2.44 bits per heavy atom. The maximum Gasteiger partial charge on any atom is 0.127 e. The summed E-state index contributed by atoms with van der Waals surface area (Å²) in [6.45, 7) is 7.20. The molecule has 3 heteroatoms. The van der Waals surface area contributed by atoms with Gasteiger partial charge in [0.1, 0.15) is 11.6 Å². The number of nitrogens with two attached hydrogens (primary N) is 1. The van der Waals surface area contributed by atoms with Crippen molar-refractivity contribution in [1.82, 2.24) is 9.55 Å². The predicted molar refractivity (Wildman–Crippen MR) is 75.7 cm³/mol. The highest BCUT2D eigenvalue weighted by Crippen LogP contribution is 2.22. The number of anilines is 1. The maximum atomic E-state index is 6.20. The molecule has 1 heterocycles. The fourth-order valence-corrected chi connectivity index (χ4v) is 2.17. The van der Waals surface area contributed by atoms with E-state index >= 15 is 0 Å². The molecule has 3 nitrogen and oxygen atoms in total. The molecule has 0 aliphatic heterocycles. The first-order valence-electron chi connectivity index (χ1n) is 6.52. The average Bonchev–Trinajstić information content (AvgIpc) is 2.68. The van der Waals surface area contributed by atoms with Crippen molar-refractivity contribution >= 4 is 5.82 Å². The quantitative estimate of drug-likeness (QED) is 0.896. The number of aryl methyl sites for hydroxylation is 1. The molecule has 2 aromatic rings. The van der Waals surface area contributed by atoms with Gasteiger partial charge in [0.25, 0.3) is 0 Å². The van der Waals surface area contributed by atoms with Gasteiger partial charge in [-0.2, -0.15) is 0 Å². The normalized spacial score (nSPS) is 11.1. The van der Waals surface area contributed by atoms with Crippen LogP contribution in [0.3, 0.4) is 0 Å². The minimum atomic E-state index is 0.385. The molecular formula is C15H21N3. The first-order chi connectivity index (χ1) is 8.63. The van der Waals surface area contributed by atoms with E-state index in [9.17, 15) is 0 Å². The van der Waals surface area contributed by atoms with Gasteiger partial charge < -0.3 is 10.3 Å². The van der Waals surface area contributed by atoms with Gasteiger partial charge in [-0.05, 0) is 12.0 Å². The van der Waals surface area contributed by atoms with E-state index in [1.807, 2.05) is 6.07 Å². The van der Waals surface area contributed by atoms with Crippen molar-refractivity contribution in [1.29, 1.82) is 0 Å². The van der Waals surface area contributed by atoms with Gasteiger partial charge >= 0.3 is 0 Å². The third-order valence-electron chi connectivity index (χ3n) is 3.15. The molecule has 1 aromatic heterocycles. The molecule has 96 valence electrons. The van der Waals surface area contributed by atoms with E-state index in [1.54, 1.807) is 0 Å². The van der Waals surface area contributed by atoms with Gasteiger partial charge in [-0.1, -0.05) is 51.1 Å². The van der Waals surface area contributed by atoms with Crippen LogP contribution in [0.2, 0.25) is 0 Å². The van der Waals surface area contributed by atoms with Crippen molar-refractivity contribution in [3.63, 3.8) is 0 Å². The summed E-state index contributed by atoms with van der Waals surface area (Å²) >= 11 is 0. The molecule has 0 spiro atoms. The monoisotopic (exact) mass is 243 g/mol. The van der Waals surface area contributed by atoms with Crippen LogP contribution in [0.4, 0.5) is 5.82 Å². The Labute approximate surface area is 109 Å². The van der Waals surface area contributed by atoms with E-state index in [-0.39, 0.29) is 0 Å². The Morgan fingerprint density at radius 2 is 1.89 bits per heavy atom. The second kappa shape index (κ2) is 5.25. The molecule has 2 N–H and O–H groups in total. The lowest BCUT2D eigenvalue weighted by atomic mass is 10.2. The maximum absolute atomic E-state index is 6.20. The molecule has 18 heavy (non-hydrogen) atoms. The number of rotatable bonds is 4. The van der Waals surface area contributed by atoms with Gasteiger partial charge in [-0.3, -0.25) is 0 Å². The number of benzene rings is 1. The fourth-order valence-electron chi connectivity index (χ4n) is 2.17. The molecule has 0 unspecified atom stereocenters. The second-order valence-corrected chi connectivity index (χ2v) is 4.88. The van der Waals surface area contributed by atoms with Gasteiger partial charge in [0, 0.05) is 5.92 Å². The van der Waals surface area contributed by atoms with Gasteiger partial charge in [-0.15, -0.1) is 0 Å². The van der Waals surface area contributed by atoms with Crippen molar-refractivity contribution < 1.29 is 0 Å². The molecule has 0 atom stereocenters. The van der Waals surface area contributed by atoms with Crippen LogP contribution in [0.1, 0.15) is 43.8 Å². The standard InChI is InChI=1S/C15H21N3/c1-4-13-14(16)18(15(17-13)11(2)3)10-12-8-6-5-7-9-12/h5-9,11H,4,10,16H2,1-3H3. The van der Waals surface area contributed by atoms with Crippen molar-refractivity contribution in [2.24, 2.45) is 0 Å². The van der Waals surface area contributed by atoms with Crippen LogP contribution < -0.4 is 5.73 Å². The third-order valence-corrected chi connectivity index (χ3v) is 3.15. The Hall–Kier alpha value is -1.77. The van der Waals surface area contributed by atoms with E-state index in [0.717, 1.165) is 30.3 Å². The summed E-state index contributed by atoms with van der Waals surface area (Å²) in [6.07, 6.45) is 0.882. The second-order valence-electron chi connectivity index (χ2n) is 4.88. The highest BCUT2D eigenvalue weighted by atomic mass is 15.1. The zero-order chi connectivity index (χ0) is 13.1. The zero-order valence-corrected chi connectivity index (χ0v) is 11.4. The topological polar surface area (TPSA) is 43.8 Å². The summed E-state index contributed by atoms with van der Waals surface area (Å²) < 4.78 is 2.14. The molecule has 0 fully saturated rings. The molecule has 0 aliphatic rings. The number of imidazole rings is 1. The molecule has 2 rings (SSSR count). The summed E-state index contributed by atoms with van der Waals surface area (Å²) in [7, 11) is 0. The first kappa shape index (κ1) is 12.7. The number of nitrogens with zero attached hydrogens (tertiary/aromatic N) is 2. The van der Waals surface area contributed by atoms with Crippen LogP contribution in [0.5, 0.6) is 0 Å². The van der Waals surface area contributed by atoms with Gasteiger partial charge in [-0.25, -0.2) is 4.98 Å². The highest BCUT2D eigenvalue weighted by molar-refractivity contribution is 5.40. The average molecular weight is 243 g/mol. The number of hydrogen-bond acceptors (Lipinski definition) is 2. The molecule has 0 saturated carbocycles. The summed E-state index contributed by atoms with van der Waals surface area (Å²) in [5.74, 6) is 2.27. The fraction of sp³-hybridized carbons (Fsp3) is 0.400. The van der Waals surface area contributed by atoms with Crippen molar-refractivity contribution in [2.45, 2.75) is 39.7 Å². The Morgan fingerprint density at radius 1 is 1.22 bits per heavy atom. The summed E-state index contributed by atoms with van der Waals surface area (Å²) in [5, 5.41) is 0. The van der Waals surface area contributed by atoms with Crippen LogP contribution >= 0.6 is 0 Å². The van der Waals surface area contributed by atoms with Crippen molar-refractivity contribution in [3.8, 4) is 0 Å². The molecule has 0 saturated heterocycles. The van der Waals surface area contributed by atoms with E-state index < -0.39 is 0 Å². The zero-order valence-electron chi connectivity index (χ0n) is 11.4. The highest BCUT2D eigenvalue weighted by Gasteiger charge is 2.15. The van der Waals surface area contributed by atoms with E-state index in [0.29, 0.717) is 5.92 Å². The number of aromatic nitrogens is 2. The van der Waals surface area contributed by atoms with Gasteiger partial charge in [0.05, 0.1) is 12.2 Å². The Balaban J connectivity index is 2.40. The van der Waals surface area contributed by atoms with Crippen LogP contribution in [0.15, 0.2) is 30.3 Å². The van der Waals surface area contributed by atoms with E-state index in [1.165, 1.54) is 5.56 Å². The lowest BCUT2D eigenvalue weighted by Crippen LogP contribution is -2.09. The van der Waals surface area contributed by atoms with Crippen molar-refractivity contribution in [3.05, 3.63) is 47.4 Å². The molecule has 1 aromatic carbocycles. The Kier molecular flexibility index (Phi) is 3.70. The van der Waals surface area contributed by atoms with E-state index in [4.69, 9.17) is 5.73 Å². The largest absolute Gasteiger partial charge is 0.384 e. The Bertz CT molecular complexity index is 512. The summed E-state index contributed by atoms with van der Waals surface area (Å²) in [6, 6.07) is 10.4. The lowest BCUT2D eigenvalue weighted by Gasteiger charge is -2.12. The molecule has 0 bridgehead atoms. The minimum absolute atomic E-state index is 0.385. The summed E-state index contributed by atoms with van der Waals surface area (Å²) in [4.78, 5) is 4.66. The number of nitrogen functional groups attached to an aromatic ring is 1. The van der Waals surface area contributed by atoms with Crippen LogP contribution in [0, 0.1) is 0 Å². The molecule has 0 radical (unpaired) electrons. The van der Waals surface area contributed by atoms with Crippen LogP contribution in [-0.4, -0.2) is 9.55 Å². The smallest absolute Gasteiger partial charge is 0.127 e. The van der Waals surface area contributed by atoms with Crippen LogP contribution in [0.25, 0.3) is 0 Å². The number of hydrogen-bond donors (Lipinski definition) is 1. The molecule has 0 aliphatic carbocycles. The van der Waals surface area contributed by atoms with Gasteiger partial charge in [0.15, 0.2) is 0 Å².